The van der Waals surface area contributed by atoms with E-state index < -0.39 is 0 Å². The molecular weight excluding hydrogens is 139 g/mol. The maximum absolute atomic E-state index is 11.2. The lowest BCUT2D eigenvalue weighted by atomic mass is 10.1. The fourth-order valence-electron chi connectivity index (χ4n) is 0.863. The van der Waals surface area contributed by atoms with Crippen molar-refractivity contribution in [2.45, 2.75) is 39.0 Å². The van der Waals surface area contributed by atoms with Crippen LogP contribution in [-0.4, -0.2) is 0 Å². The van der Waals surface area contributed by atoms with E-state index in [1.54, 1.807) is 6.08 Å². The van der Waals surface area contributed by atoms with Crippen molar-refractivity contribution in [1.82, 2.24) is 0 Å². The van der Waals surface area contributed by atoms with Crippen LogP contribution in [0, 0.1) is 12.1 Å². The van der Waals surface area contributed by atoms with E-state index in [0.717, 1.165) is 6.42 Å². The van der Waals surface area contributed by atoms with Gasteiger partial charge in [0.1, 0.15) is 6.17 Å². The predicted molar refractivity (Wildman–Crippen MR) is 46.8 cm³/mol. The fraction of sp³-hybridized carbons (Fsp3) is 0.600. The molecule has 0 N–H and O–H groups in total. The van der Waals surface area contributed by atoms with E-state index in [2.05, 4.69) is 12.8 Å². The summed E-state index contributed by atoms with van der Waals surface area (Å²) in [6.45, 7) is 2.18. The summed E-state index contributed by atoms with van der Waals surface area (Å²) >= 11 is 0. The molecule has 62 valence electrons. The summed E-state index contributed by atoms with van der Waals surface area (Å²) in [5.74, 6) is 2.24. The molecule has 0 spiro atoms. The lowest BCUT2D eigenvalue weighted by Crippen LogP contribution is -1.72. The minimum atomic E-state index is 1.02. The quantitative estimate of drug-likeness (QED) is 0.420. The molecule has 0 saturated heterocycles. The molecular formula is C10H15F. The van der Waals surface area contributed by atoms with E-state index in [1.807, 2.05) is 6.08 Å². The number of unbranched alkanes of at least 4 members (excludes halogenated alkanes) is 4. The SMILES string of the molecule is CCCCCC/C=C/C#CF. The molecule has 0 amide bonds. The van der Waals surface area contributed by atoms with Crippen LogP contribution < -0.4 is 0 Å². The Bertz CT molecular complexity index is 148. The average molecular weight is 154 g/mol. The molecule has 0 atom stereocenters. The van der Waals surface area contributed by atoms with E-state index >= 15 is 0 Å². The maximum atomic E-state index is 11.2. The molecule has 1 heteroatoms. The predicted octanol–water partition coefficient (Wildman–Crippen LogP) is 3.44. The van der Waals surface area contributed by atoms with Crippen LogP contribution in [0.3, 0.4) is 0 Å². The molecule has 0 aliphatic heterocycles. The summed E-state index contributed by atoms with van der Waals surface area (Å²) in [6, 6.07) is 0. The van der Waals surface area contributed by atoms with Crippen LogP contribution in [0.4, 0.5) is 4.39 Å². The van der Waals surface area contributed by atoms with Crippen LogP contribution in [0.15, 0.2) is 12.2 Å². The van der Waals surface area contributed by atoms with Gasteiger partial charge in [0.25, 0.3) is 0 Å². The average Bonchev–Trinajstić information content (AvgIpc) is 2.03. The molecule has 11 heavy (non-hydrogen) atoms. The monoisotopic (exact) mass is 154 g/mol. The van der Waals surface area contributed by atoms with Crippen molar-refractivity contribution in [2.75, 3.05) is 0 Å². The van der Waals surface area contributed by atoms with Crippen LogP contribution in [0.1, 0.15) is 39.0 Å². The smallest absolute Gasteiger partial charge is 0.110 e. The third kappa shape index (κ3) is 9.23. The molecule has 0 aromatic carbocycles. The summed E-state index contributed by atoms with van der Waals surface area (Å²) < 4.78 is 11.2. The van der Waals surface area contributed by atoms with Gasteiger partial charge in [0, 0.05) is 0 Å². The number of hydrogen-bond acceptors (Lipinski definition) is 0. The van der Waals surface area contributed by atoms with Crippen molar-refractivity contribution in [3.8, 4) is 12.1 Å². The molecule has 0 aliphatic carbocycles. The highest BCUT2D eigenvalue weighted by Crippen LogP contribution is 2.02. The van der Waals surface area contributed by atoms with Crippen molar-refractivity contribution in [3.05, 3.63) is 12.2 Å². The van der Waals surface area contributed by atoms with Gasteiger partial charge in [-0.3, -0.25) is 0 Å². The van der Waals surface area contributed by atoms with Crippen LogP contribution in [0.5, 0.6) is 0 Å². The van der Waals surface area contributed by atoms with E-state index in [1.165, 1.54) is 31.9 Å². The van der Waals surface area contributed by atoms with Crippen molar-refractivity contribution < 1.29 is 4.39 Å². The first-order chi connectivity index (χ1) is 5.41. The summed E-state index contributed by atoms with van der Waals surface area (Å²) in [5.41, 5.74) is 0. The normalized spacial score (nSPS) is 9.64. The first-order valence-corrected chi connectivity index (χ1v) is 4.18. The molecule has 0 unspecified atom stereocenters. The van der Waals surface area contributed by atoms with Gasteiger partial charge in [0.15, 0.2) is 0 Å². The molecule has 0 heterocycles. The minimum Gasteiger partial charge on any atom is -0.144 e. The minimum absolute atomic E-state index is 1.02. The Hall–Kier alpha value is -0.770. The molecule has 0 radical (unpaired) electrons. The highest BCUT2D eigenvalue weighted by Gasteiger charge is 1.82. The Morgan fingerprint density at radius 3 is 2.73 bits per heavy atom. The van der Waals surface area contributed by atoms with E-state index in [4.69, 9.17) is 0 Å². The first-order valence-electron chi connectivity index (χ1n) is 4.18. The molecule has 0 fully saturated rings. The van der Waals surface area contributed by atoms with Gasteiger partial charge in [0.2, 0.25) is 0 Å². The molecule has 0 nitrogen and oxygen atoms in total. The Morgan fingerprint density at radius 1 is 1.27 bits per heavy atom. The van der Waals surface area contributed by atoms with Gasteiger partial charge in [-0.15, -0.1) is 4.39 Å². The van der Waals surface area contributed by atoms with Gasteiger partial charge < -0.3 is 0 Å². The van der Waals surface area contributed by atoms with Crippen molar-refractivity contribution in [1.29, 1.82) is 0 Å². The summed E-state index contributed by atoms with van der Waals surface area (Å²) in [6.07, 6.45) is 10.9. The second kappa shape index (κ2) is 9.23. The van der Waals surface area contributed by atoms with Crippen molar-refractivity contribution in [3.63, 3.8) is 0 Å². The van der Waals surface area contributed by atoms with Crippen LogP contribution in [0.2, 0.25) is 0 Å². The third-order valence-electron chi connectivity index (χ3n) is 1.48. The van der Waals surface area contributed by atoms with Gasteiger partial charge in [0.05, 0.1) is 0 Å². The topological polar surface area (TPSA) is 0 Å². The highest BCUT2D eigenvalue weighted by atomic mass is 19.1. The van der Waals surface area contributed by atoms with Gasteiger partial charge in [-0.2, -0.15) is 0 Å². The Labute approximate surface area is 68.5 Å². The number of hydrogen-bond donors (Lipinski definition) is 0. The molecule has 0 saturated carbocycles. The second-order valence-electron chi connectivity index (χ2n) is 2.49. The summed E-state index contributed by atoms with van der Waals surface area (Å²) in [7, 11) is 0. The van der Waals surface area contributed by atoms with Gasteiger partial charge >= 0.3 is 0 Å². The largest absolute Gasteiger partial charge is 0.144 e. The van der Waals surface area contributed by atoms with E-state index in [0.29, 0.717) is 0 Å². The number of rotatable bonds is 5. The molecule has 0 bridgehead atoms. The fourth-order valence-corrected chi connectivity index (χ4v) is 0.863. The zero-order valence-corrected chi connectivity index (χ0v) is 7.07. The molecule has 0 aromatic heterocycles. The maximum Gasteiger partial charge on any atom is 0.110 e. The molecule has 0 aliphatic rings. The molecule has 0 aromatic rings. The Balaban J connectivity index is 3.05. The van der Waals surface area contributed by atoms with Crippen LogP contribution in [0.25, 0.3) is 0 Å². The number of halogens is 1. The first kappa shape index (κ1) is 10.2. The van der Waals surface area contributed by atoms with E-state index in [9.17, 15) is 4.39 Å². The Morgan fingerprint density at radius 2 is 2.09 bits per heavy atom. The summed E-state index contributed by atoms with van der Waals surface area (Å²) in [5, 5.41) is 0. The van der Waals surface area contributed by atoms with Crippen molar-refractivity contribution in [2.24, 2.45) is 0 Å². The highest BCUT2D eigenvalue weighted by molar-refractivity contribution is 5.11. The zero-order chi connectivity index (χ0) is 8.36. The van der Waals surface area contributed by atoms with E-state index in [-0.39, 0.29) is 0 Å². The van der Waals surface area contributed by atoms with Crippen LogP contribution >= 0.6 is 0 Å². The second-order valence-corrected chi connectivity index (χ2v) is 2.49. The van der Waals surface area contributed by atoms with Gasteiger partial charge in [-0.05, 0) is 24.8 Å². The van der Waals surface area contributed by atoms with Crippen molar-refractivity contribution >= 4 is 0 Å². The summed E-state index contributed by atoms with van der Waals surface area (Å²) in [4.78, 5) is 0. The number of allylic oxidation sites excluding steroid dienone is 2. The van der Waals surface area contributed by atoms with Crippen LogP contribution in [-0.2, 0) is 0 Å². The lowest BCUT2D eigenvalue weighted by Gasteiger charge is -1.92. The standard InChI is InChI=1S/C10H15F/c1-2-3-4-5-6-7-8-9-10-11/h7-8H,2-6H2,1H3/b8-7+. The zero-order valence-electron chi connectivity index (χ0n) is 7.07. The van der Waals surface area contributed by atoms with Gasteiger partial charge in [-0.25, -0.2) is 0 Å². The lowest BCUT2D eigenvalue weighted by molar-refractivity contribution is 0.674. The Kier molecular flexibility index (Phi) is 8.58. The van der Waals surface area contributed by atoms with Gasteiger partial charge in [-0.1, -0.05) is 32.3 Å². The molecule has 0 rings (SSSR count). The third-order valence-corrected chi connectivity index (χ3v) is 1.48.